The van der Waals surface area contributed by atoms with Crippen LogP contribution in [0, 0.1) is 5.82 Å². The molecule has 4 heteroatoms. The lowest BCUT2D eigenvalue weighted by Gasteiger charge is -1.98. The second kappa shape index (κ2) is 4.18. The summed E-state index contributed by atoms with van der Waals surface area (Å²) in [4.78, 5) is 10.2. The molecule has 0 fully saturated rings. The molecule has 1 aromatic carbocycles. The lowest BCUT2D eigenvalue weighted by molar-refractivity contribution is -0.131. The van der Waals surface area contributed by atoms with Crippen LogP contribution in [0.4, 0.5) is 4.39 Å². The van der Waals surface area contributed by atoms with Gasteiger partial charge in [0.15, 0.2) is 0 Å². The highest BCUT2D eigenvalue weighted by Crippen LogP contribution is 2.20. The van der Waals surface area contributed by atoms with Crippen LogP contribution < -0.4 is 0 Å². The van der Waals surface area contributed by atoms with Crippen LogP contribution >= 0.6 is 15.9 Å². The summed E-state index contributed by atoms with van der Waals surface area (Å²) >= 11 is 3.11. The van der Waals surface area contributed by atoms with E-state index in [1.807, 2.05) is 0 Å². The van der Waals surface area contributed by atoms with Gasteiger partial charge < -0.3 is 5.11 Å². The minimum atomic E-state index is -1.10. The van der Waals surface area contributed by atoms with Gasteiger partial charge in [-0.05, 0) is 18.2 Å². The van der Waals surface area contributed by atoms with Crippen LogP contribution in [0.3, 0.4) is 0 Å². The predicted molar refractivity (Wildman–Crippen MR) is 50.8 cm³/mol. The molecule has 0 saturated carbocycles. The van der Waals surface area contributed by atoms with Crippen LogP contribution in [0.25, 0.3) is 6.08 Å². The van der Waals surface area contributed by atoms with Gasteiger partial charge in [-0.3, -0.25) is 0 Å². The molecule has 1 aromatic rings. The van der Waals surface area contributed by atoms with Gasteiger partial charge in [-0.25, -0.2) is 9.18 Å². The Balaban J connectivity index is 3.06. The maximum atomic E-state index is 13.0. The molecule has 68 valence electrons. The Hall–Kier alpha value is -1.16. The highest BCUT2D eigenvalue weighted by Gasteiger charge is 2.02. The van der Waals surface area contributed by atoms with E-state index in [1.54, 1.807) is 6.07 Å². The van der Waals surface area contributed by atoms with Gasteiger partial charge in [-0.1, -0.05) is 22.0 Å². The van der Waals surface area contributed by atoms with Gasteiger partial charge in [-0.2, -0.15) is 0 Å². The van der Waals surface area contributed by atoms with Gasteiger partial charge >= 0.3 is 5.97 Å². The van der Waals surface area contributed by atoms with E-state index in [-0.39, 0.29) is 5.56 Å². The number of carboxylic acids is 1. The summed E-state index contributed by atoms with van der Waals surface area (Å²) in [6.45, 7) is 0. The first-order valence-electron chi connectivity index (χ1n) is 3.46. The van der Waals surface area contributed by atoms with Crippen molar-refractivity contribution in [2.75, 3.05) is 0 Å². The van der Waals surface area contributed by atoms with Crippen LogP contribution in [-0.4, -0.2) is 11.1 Å². The largest absolute Gasteiger partial charge is 0.478 e. The van der Waals surface area contributed by atoms with E-state index in [0.29, 0.717) is 4.47 Å². The van der Waals surface area contributed by atoms with Crippen LogP contribution in [0.5, 0.6) is 0 Å². The van der Waals surface area contributed by atoms with Crippen molar-refractivity contribution in [3.63, 3.8) is 0 Å². The number of hydrogen-bond donors (Lipinski definition) is 1. The fourth-order valence-corrected chi connectivity index (χ4v) is 1.30. The smallest absolute Gasteiger partial charge is 0.328 e. The van der Waals surface area contributed by atoms with Gasteiger partial charge in [0.1, 0.15) is 5.82 Å². The number of halogens is 2. The van der Waals surface area contributed by atoms with E-state index >= 15 is 0 Å². The summed E-state index contributed by atoms with van der Waals surface area (Å²) in [6, 6.07) is 4.45. The monoisotopic (exact) mass is 244 g/mol. The van der Waals surface area contributed by atoms with Crippen molar-refractivity contribution < 1.29 is 14.3 Å². The molecule has 1 N–H and O–H groups in total. The molecule has 0 atom stereocenters. The normalized spacial score (nSPS) is 10.6. The van der Waals surface area contributed by atoms with Gasteiger partial charge in [0.25, 0.3) is 0 Å². The topological polar surface area (TPSA) is 37.3 Å². The Kier molecular flexibility index (Phi) is 3.19. The van der Waals surface area contributed by atoms with Gasteiger partial charge in [0, 0.05) is 16.1 Å². The molecule has 0 amide bonds. The molecule has 0 aliphatic heterocycles. The summed E-state index contributed by atoms with van der Waals surface area (Å²) in [5.74, 6) is -1.55. The number of rotatable bonds is 2. The summed E-state index contributed by atoms with van der Waals surface area (Å²) in [7, 11) is 0. The summed E-state index contributed by atoms with van der Waals surface area (Å²) < 4.78 is 13.6. The minimum Gasteiger partial charge on any atom is -0.478 e. The molecule has 0 aromatic heterocycles. The predicted octanol–water partition coefficient (Wildman–Crippen LogP) is 2.69. The Labute approximate surface area is 82.8 Å². The Morgan fingerprint density at radius 2 is 2.23 bits per heavy atom. The average molecular weight is 245 g/mol. The lowest BCUT2D eigenvalue weighted by Crippen LogP contribution is -1.88. The highest BCUT2D eigenvalue weighted by molar-refractivity contribution is 9.10. The number of carbonyl (C=O) groups is 1. The molecule has 1 rings (SSSR count). The molecule has 0 spiro atoms. The minimum absolute atomic E-state index is 0.241. The third-order valence-corrected chi connectivity index (χ3v) is 2.08. The standard InChI is InChI=1S/C9H6BrFO2/c10-7-2-1-3-8(11)6(7)4-5-9(12)13/h1-5H,(H,12,13). The van der Waals surface area contributed by atoms with E-state index in [9.17, 15) is 9.18 Å². The average Bonchev–Trinajstić information content (AvgIpc) is 2.03. The molecule has 0 unspecified atom stereocenters. The first-order chi connectivity index (χ1) is 6.11. The molecule has 0 aliphatic rings. The van der Waals surface area contributed by atoms with E-state index in [4.69, 9.17) is 5.11 Å². The summed E-state index contributed by atoms with van der Waals surface area (Å²) in [5, 5.41) is 8.33. The Morgan fingerprint density at radius 1 is 1.54 bits per heavy atom. The van der Waals surface area contributed by atoms with Gasteiger partial charge in [0.2, 0.25) is 0 Å². The lowest BCUT2D eigenvalue weighted by atomic mass is 10.2. The molecular weight excluding hydrogens is 239 g/mol. The van der Waals surface area contributed by atoms with Crippen molar-refractivity contribution in [2.45, 2.75) is 0 Å². The van der Waals surface area contributed by atoms with Crippen LogP contribution in [-0.2, 0) is 4.79 Å². The SMILES string of the molecule is O=C(O)C=Cc1c(F)cccc1Br. The first-order valence-corrected chi connectivity index (χ1v) is 4.25. The Morgan fingerprint density at radius 3 is 2.77 bits per heavy atom. The number of aliphatic carboxylic acids is 1. The van der Waals surface area contributed by atoms with E-state index < -0.39 is 11.8 Å². The van der Waals surface area contributed by atoms with Crippen molar-refractivity contribution >= 4 is 28.0 Å². The number of carboxylic acid groups (broad SMARTS) is 1. The molecule has 0 aliphatic carbocycles. The fraction of sp³-hybridized carbons (Fsp3) is 0. The first kappa shape index (κ1) is 9.92. The fourth-order valence-electron chi connectivity index (χ4n) is 0.825. The molecule has 2 nitrogen and oxygen atoms in total. The zero-order valence-corrected chi connectivity index (χ0v) is 8.08. The maximum Gasteiger partial charge on any atom is 0.328 e. The second-order valence-corrected chi connectivity index (χ2v) is 3.16. The third-order valence-electron chi connectivity index (χ3n) is 1.39. The van der Waals surface area contributed by atoms with Crippen molar-refractivity contribution in [3.8, 4) is 0 Å². The zero-order valence-electron chi connectivity index (χ0n) is 6.50. The molecule has 0 bridgehead atoms. The highest BCUT2D eigenvalue weighted by atomic mass is 79.9. The van der Waals surface area contributed by atoms with Crippen LogP contribution in [0.1, 0.15) is 5.56 Å². The van der Waals surface area contributed by atoms with Gasteiger partial charge in [-0.15, -0.1) is 0 Å². The quantitative estimate of drug-likeness (QED) is 0.813. The van der Waals surface area contributed by atoms with Crippen molar-refractivity contribution in [2.24, 2.45) is 0 Å². The van der Waals surface area contributed by atoms with Crippen molar-refractivity contribution in [1.82, 2.24) is 0 Å². The maximum absolute atomic E-state index is 13.0. The molecule has 0 radical (unpaired) electrons. The van der Waals surface area contributed by atoms with Crippen molar-refractivity contribution in [3.05, 3.63) is 40.1 Å². The van der Waals surface area contributed by atoms with Crippen LogP contribution in [0.2, 0.25) is 0 Å². The molecule has 0 saturated heterocycles. The molecule has 0 heterocycles. The summed E-state index contributed by atoms with van der Waals surface area (Å²) in [5.41, 5.74) is 0.241. The number of benzene rings is 1. The zero-order chi connectivity index (χ0) is 9.84. The Bertz CT molecular complexity index is 340. The van der Waals surface area contributed by atoms with E-state index in [0.717, 1.165) is 6.08 Å². The number of hydrogen-bond acceptors (Lipinski definition) is 1. The van der Waals surface area contributed by atoms with Gasteiger partial charge in [0.05, 0.1) is 0 Å². The van der Waals surface area contributed by atoms with Crippen molar-refractivity contribution in [1.29, 1.82) is 0 Å². The molecule has 13 heavy (non-hydrogen) atoms. The van der Waals surface area contributed by atoms with E-state index in [2.05, 4.69) is 15.9 Å². The second-order valence-electron chi connectivity index (χ2n) is 2.31. The summed E-state index contributed by atoms with van der Waals surface area (Å²) in [6.07, 6.45) is 2.10. The third kappa shape index (κ3) is 2.66. The van der Waals surface area contributed by atoms with Crippen LogP contribution in [0.15, 0.2) is 28.7 Å². The van der Waals surface area contributed by atoms with E-state index in [1.165, 1.54) is 18.2 Å². The molecular formula is C9H6BrFO2.